The normalized spacial score (nSPS) is 10.9. The molecule has 0 bridgehead atoms. The van der Waals surface area contributed by atoms with E-state index in [2.05, 4.69) is 0 Å². The SMILES string of the molecule is Cc1ccc2c(=O)c(OC(=O)c3ccco3)c(-c3ccc(Cl)cc3)oc2c1. The van der Waals surface area contributed by atoms with Crippen molar-refractivity contribution >= 4 is 28.5 Å². The lowest BCUT2D eigenvalue weighted by Gasteiger charge is -2.10. The quantitative estimate of drug-likeness (QED) is 0.455. The maximum atomic E-state index is 13.0. The molecule has 2 aromatic heterocycles. The van der Waals surface area contributed by atoms with Gasteiger partial charge >= 0.3 is 5.97 Å². The molecule has 0 saturated carbocycles. The summed E-state index contributed by atoms with van der Waals surface area (Å²) in [6, 6.07) is 14.9. The minimum absolute atomic E-state index is 0.0135. The second kappa shape index (κ2) is 6.78. The number of fused-ring (bicyclic) bond motifs is 1. The first-order valence-corrected chi connectivity index (χ1v) is 8.50. The van der Waals surface area contributed by atoms with E-state index in [-0.39, 0.29) is 17.3 Å². The molecule has 0 saturated heterocycles. The zero-order valence-corrected chi connectivity index (χ0v) is 14.9. The van der Waals surface area contributed by atoms with Gasteiger partial charge in [-0.15, -0.1) is 0 Å². The molecule has 2 heterocycles. The average molecular weight is 381 g/mol. The van der Waals surface area contributed by atoms with Crippen LogP contribution in [0.15, 0.2) is 74.5 Å². The highest BCUT2D eigenvalue weighted by Crippen LogP contribution is 2.32. The lowest BCUT2D eigenvalue weighted by atomic mass is 10.1. The molecule has 0 aliphatic rings. The van der Waals surface area contributed by atoms with Crippen molar-refractivity contribution in [1.82, 2.24) is 0 Å². The van der Waals surface area contributed by atoms with Crippen molar-refractivity contribution in [2.24, 2.45) is 0 Å². The third-order valence-corrected chi connectivity index (χ3v) is 4.28. The second-order valence-corrected chi connectivity index (χ2v) is 6.40. The van der Waals surface area contributed by atoms with Crippen LogP contribution in [-0.4, -0.2) is 5.97 Å². The van der Waals surface area contributed by atoms with Crippen LogP contribution in [0.1, 0.15) is 16.1 Å². The molecule has 4 aromatic rings. The minimum atomic E-state index is -0.783. The first-order valence-electron chi connectivity index (χ1n) is 8.12. The third kappa shape index (κ3) is 3.25. The van der Waals surface area contributed by atoms with Crippen LogP contribution in [0.2, 0.25) is 5.02 Å². The summed E-state index contributed by atoms with van der Waals surface area (Å²) >= 11 is 5.95. The molecular weight excluding hydrogens is 368 g/mol. The van der Waals surface area contributed by atoms with Crippen molar-refractivity contribution in [1.29, 1.82) is 0 Å². The molecule has 0 amide bonds. The van der Waals surface area contributed by atoms with E-state index >= 15 is 0 Å². The van der Waals surface area contributed by atoms with E-state index in [4.69, 9.17) is 25.2 Å². The number of halogens is 1. The molecule has 4 rings (SSSR count). The van der Waals surface area contributed by atoms with E-state index in [0.29, 0.717) is 21.6 Å². The van der Waals surface area contributed by atoms with Gasteiger partial charge in [0.05, 0.1) is 11.6 Å². The van der Waals surface area contributed by atoms with Gasteiger partial charge in [-0.25, -0.2) is 4.79 Å². The first-order chi connectivity index (χ1) is 13.0. The highest BCUT2D eigenvalue weighted by molar-refractivity contribution is 6.30. The Kier molecular flexibility index (Phi) is 4.30. The Bertz CT molecular complexity index is 1190. The van der Waals surface area contributed by atoms with Gasteiger partial charge in [0.1, 0.15) is 5.58 Å². The molecular formula is C21H13ClO5. The minimum Gasteiger partial charge on any atom is -0.457 e. The maximum absolute atomic E-state index is 13.0. The standard InChI is InChI=1S/C21H13ClO5/c1-12-4-9-15-17(11-12)26-19(13-5-7-14(22)8-6-13)20(18(15)23)27-21(24)16-3-2-10-25-16/h2-11H,1H3. The van der Waals surface area contributed by atoms with Gasteiger partial charge < -0.3 is 13.6 Å². The molecule has 6 heteroatoms. The van der Waals surface area contributed by atoms with Gasteiger partial charge in [0, 0.05) is 10.6 Å². The fourth-order valence-electron chi connectivity index (χ4n) is 2.70. The predicted molar refractivity (Wildman–Crippen MR) is 101 cm³/mol. The molecule has 0 atom stereocenters. The molecule has 2 aromatic carbocycles. The number of ether oxygens (including phenoxy) is 1. The van der Waals surface area contributed by atoms with Crippen LogP contribution in [0.4, 0.5) is 0 Å². The summed E-state index contributed by atoms with van der Waals surface area (Å²) in [6.07, 6.45) is 1.35. The summed E-state index contributed by atoms with van der Waals surface area (Å²) in [5.74, 6) is -0.848. The summed E-state index contributed by atoms with van der Waals surface area (Å²) in [5.41, 5.74) is 1.46. The summed E-state index contributed by atoms with van der Waals surface area (Å²) in [4.78, 5) is 25.3. The molecule has 5 nitrogen and oxygen atoms in total. The van der Waals surface area contributed by atoms with E-state index in [1.165, 1.54) is 12.3 Å². The van der Waals surface area contributed by atoms with E-state index in [1.54, 1.807) is 48.5 Å². The molecule has 0 aliphatic carbocycles. The van der Waals surface area contributed by atoms with Crippen molar-refractivity contribution in [2.75, 3.05) is 0 Å². The van der Waals surface area contributed by atoms with Crippen LogP contribution < -0.4 is 10.2 Å². The number of hydrogen-bond donors (Lipinski definition) is 0. The fourth-order valence-corrected chi connectivity index (χ4v) is 2.83. The van der Waals surface area contributed by atoms with Crippen molar-refractivity contribution < 1.29 is 18.4 Å². The highest BCUT2D eigenvalue weighted by Gasteiger charge is 2.22. The molecule has 27 heavy (non-hydrogen) atoms. The Balaban J connectivity index is 1.93. The number of rotatable bonds is 3. The van der Waals surface area contributed by atoms with Crippen LogP contribution in [-0.2, 0) is 0 Å². The smallest absolute Gasteiger partial charge is 0.379 e. The van der Waals surface area contributed by atoms with E-state index in [9.17, 15) is 9.59 Å². The summed E-state index contributed by atoms with van der Waals surface area (Å²) in [7, 11) is 0. The Morgan fingerprint density at radius 2 is 1.85 bits per heavy atom. The average Bonchev–Trinajstić information content (AvgIpc) is 3.19. The van der Waals surface area contributed by atoms with Gasteiger partial charge in [0.25, 0.3) is 0 Å². The number of aryl methyl sites for hydroxylation is 1. The lowest BCUT2D eigenvalue weighted by Crippen LogP contribution is -2.16. The second-order valence-electron chi connectivity index (χ2n) is 5.96. The van der Waals surface area contributed by atoms with Crippen molar-refractivity contribution in [3.8, 4) is 17.1 Å². The Morgan fingerprint density at radius 1 is 1.07 bits per heavy atom. The summed E-state index contributed by atoms with van der Waals surface area (Å²) < 4.78 is 16.4. The number of esters is 1. The van der Waals surface area contributed by atoms with E-state index in [1.807, 2.05) is 6.92 Å². The predicted octanol–water partition coefficient (Wildman–Crippen LogP) is 5.23. The van der Waals surface area contributed by atoms with Crippen LogP contribution in [0.5, 0.6) is 5.75 Å². The molecule has 0 N–H and O–H groups in total. The topological polar surface area (TPSA) is 69.7 Å². The summed E-state index contributed by atoms with van der Waals surface area (Å²) in [6.45, 7) is 1.90. The van der Waals surface area contributed by atoms with Gasteiger partial charge in [0.2, 0.25) is 16.9 Å². The number of carbonyl (C=O) groups is 1. The molecule has 0 unspecified atom stereocenters. The highest BCUT2D eigenvalue weighted by atomic mass is 35.5. The van der Waals surface area contributed by atoms with Gasteiger partial charge in [-0.05, 0) is 61.0 Å². The van der Waals surface area contributed by atoms with Crippen molar-refractivity contribution in [3.63, 3.8) is 0 Å². The first kappa shape index (κ1) is 17.1. The number of benzene rings is 2. The van der Waals surface area contributed by atoms with E-state index < -0.39 is 11.4 Å². The fraction of sp³-hybridized carbons (Fsp3) is 0.0476. The maximum Gasteiger partial charge on any atom is 0.379 e. The molecule has 0 fully saturated rings. The van der Waals surface area contributed by atoms with Crippen LogP contribution in [0.3, 0.4) is 0 Å². The van der Waals surface area contributed by atoms with Crippen LogP contribution in [0, 0.1) is 6.92 Å². The Morgan fingerprint density at radius 3 is 2.56 bits per heavy atom. The molecule has 0 spiro atoms. The molecule has 0 aliphatic heterocycles. The number of furan rings is 1. The summed E-state index contributed by atoms with van der Waals surface area (Å²) in [5, 5.41) is 0.854. The lowest BCUT2D eigenvalue weighted by molar-refractivity contribution is 0.0698. The van der Waals surface area contributed by atoms with Crippen molar-refractivity contribution in [3.05, 3.63) is 87.4 Å². The van der Waals surface area contributed by atoms with E-state index in [0.717, 1.165) is 5.56 Å². The number of carbonyl (C=O) groups excluding carboxylic acids is 1. The number of hydrogen-bond acceptors (Lipinski definition) is 5. The zero-order valence-electron chi connectivity index (χ0n) is 14.2. The Hall–Kier alpha value is -3.31. The molecule has 0 radical (unpaired) electrons. The largest absolute Gasteiger partial charge is 0.457 e. The van der Waals surface area contributed by atoms with Gasteiger partial charge in [-0.3, -0.25) is 4.79 Å². The van der Waals surface area contributed by atoms with Gasteiger partial charge in [-0.2, -0.15) is 0 Å². The van der Waals surface area contributed by atoms with Gasteiger partial charge in [-0.1, -0.05) is 17.7 Å². The van der Waals surface area contributed by atoms with Crippen molar-refractivity contribution in [2.45, 2.75) is 6.92 Å². The zero-order chi connectivity index (χ0) is 19.0. The van der Waals surface area contributed by atoms with Gasteiger partial charge in [0.15, 0.2) is 5.76 Å². The van der Waals surface area contributed by atoms with Crippen LogP contribution >= 0.6 is 11.6 Å². The monoisotopic (exact) mass is 380 g/mol. The Labute approximate surface area is 158 Å². The molecule has 134 valence electrons. The third-order valence-electron chi connectivity index (χ3n) is 4.03. The van der Waals surface area contributed by atoms with Crippen LogP contribution in [0.25, 0.3) is 22.3 Å².